The second-order valence-corrected chi connectivity index (χ2v) is 9.65. The fraction of sp³-hybridized carbons (Fsp3) is 0.259. The Morgan fingerprint density at radius 1 is 0.927 bits per heavy atom. The number of carbonyl (C=O) groups excluding carboxylic acids is 1. The third-order valence-electron chi connectivity index (χ3n) is 8.19. The van der Waals surface area contributed by atoms with Crippen LogP contribution in [-0.2, 0) is 21.8 Å². The van der Waals surface area contributed by atoms with Gasteiger partial charge in [0.25, 0.3) is 5.91 Å². The van der Waals surface area contributed by atoms with Crippen LogP contribution < -0.4 is 5.32 Å². The number of fused-ring (bicyclic) bond motifs is 13. The molecule has 41 heavy (non-hydrogen) atoms. The van der Waals surface area contributed by atoms with E-state index >= 15 is 0 Å². The van der Waals surface area contributed by atoms with Crippen molar-refractivity contribution >= 4 is 55.5 Å². The fourth-order valence-corrected chi connectivity index (χ4v) is 6.73. The maximum atomic E-state index is 13.2. The van der Waals surface area contributed by atoms with E-state index in [0.29, 0.717) is 12.1 Å². The molecule has 14 N–H and O–H groups in total. The first-order valence-electron chi connectivity index (χ1n) is 11.7. The highest BCUT2D eigenvalue weighted by Gasteiger charge is 2.65. The second kappa shape index (κ2) is 10.4. The molecule has 3 aliphatic rings. The number of para-hydroxylation sites is 2. The first-order valence-corrected chi connectivity index (χ1v) is 11.7. The van der Waals surface area contributed by atoms with E-state index in [4.69, 9.17) is 9.84 Å². The molecule has 8 rings (SSSR count). The van der Waals surface area contributed by atoms with E-state index in [2.05, 4.69) is 5.32 Å². The second-order valence-electron chi connectivity index (χ2n) is 9.65. The molecule has 0 radical (unpaired) electrons. The number of aliphatic carboxylic acids is 1. The summed E-state index contributed by atoms with van der Waals surface area (Å²) in [6.45, 7) is 2.04. The fourth-order valence-electron chi connectivity index (χ4n) is 6.73. The highest BCUT2D eigenvalue weighted by molar-refractivity contribution is 6.31. The minimum atomic E-state index is -2.16. The molecule has 0 spiro atoms. The molecule has 0 unspecified atom stereocenters. The summed E-state index contributed by atoms with van der Waals surface area (Å²) < 4.78 is 10.4. The molecule has 14 nitrogen and oxygen atoms in total. The minimum absolute atomic E-state index is 0. The maximum Gasteiger partial charge on any atom is 0.341 e. The SMILES string of the molecule is CO.C[C@@]12O[C@@H](C[C@@]1(O)C(=O)O)n1c3ccccc3c3c4c(c5c6ccccc6n2c5c31)CNC4=O.O.O.O.O.O. The predicted molar refractivity (Wildman–Crippen MR) is 151 cm³/mol. The zero-order valence-electron chi connectivity index (χ0n) is 22.1. The van der Waals surface area contributed by atoms with E-state index < -0.39 is 23.5 Å². The maximum absolute atomic E-state index is 13.2. The van der Waals surface area contributed by atoms with Crippen LogP contribution in [0.15, 0.2) is 48.5 Å². The molecule has 0 aliphatic carbocycles. The molecule has 1 fully saturated rings. The van der Waals surface area contributed by atoms with Crippen LogP contribution in [0.25, 0.3) is 43.6 Å². The zero-order valence-corrected chi connectivity index (χ0v) is 22.1. The summed E-state index contributed by atoms with van der Waals surface area (Å²) in [6.07, 6.45) is -0.846. The lowest BCUT2D eigenvalue weighted by molar-refractivity contribution is -0.200. The molecule has 5 heterocycles. The predicted octanol–water partition coefficient (Wildman–Crippen LogP) is -0.948. The van der Waals surface area contributed by atoms with Crippen LogP contribution in [0.4, 0.5) is 0 Å². The van der Waals surface area contributed by atoms with Gasteiger partial charge in [0.2, 0.25) is 5.60 Å². The lowest BCUT2D eigenvalue weighted by atomic mass is 9.89. The molecule has 1 saturated heterocycles. The number of aliphatic hydroxyl groups excluding tert-OH is 1. The summed E-state index contributed by atoms with van der Waals surface area (Å²) in [7, 11) is 1.00. The number of carboxylic acid groups (broad SMARTS) is 1. The molecule has 222 valence electrons. The van der Waals surface area contributed by atoms with Gasteiger partial charge < -0.3 is 61.9 Å². The Morgan fingerprint density at radius 3 is 2.10 bits per heavy atom. The largest absolute Gasteiger partial charge is 0.479 e. The Balaban J connectivity index is 0.000000824. The van der Waals surface area contributed by atoms with Crippen molar-refractivity contribution in [3.63, 3.8) is 0 Å². The van der Waals surface area contributed by atoms with Gasteiger partial charge in [-0.3, -0.25) is 4.79 Å². The minimum Gasteiger partial charge on any atom is -0.479 e. The van der Waals surface area contributed by atoms with Crippen LogP contribution in [0, 0.1) is 0 Å². The third kappa shape index (κ3) is 3.41. The molecule has 3 aliphatic heterocycles. The number of amides is 1. The van der Waals surface area contributed by atoms with Crippen molar-refractivity contribution in [3.05, 3.63) is 59.7 Å². The number of aromatic nitrogens is 2. The van der Waals surface area contributed by atoms with Crippen LogP contribution in [0.5, 0.6) is 0 Å². The highest BCUT2D eigenvalue weighted by atomic mass is 16.6. The number of nitrogens with one attached hydrogen (secondary N) is 1. The normalized spacial score (nSPS) is 22.7. The van der Waals surface area contributed by atoms with Gasteiger partial charge in [0, 0.05) is 41.6 Å². The summed E-state index contributed by atoms with van der Waals surface area (Å²) in [5.74, 6) is -1.43. The standard InChI is InChI=1S/C26H19N3O5.CH4O.5H2O/c1-25-26(33,24(31)32)10-17(34-25)28-15-8-4-2-6-12(15)19-20-14(11-27-23(20)30)18-13-7-3-5-9-16(13)29(25)22(18)21(19)28;1-2;;;;;/h2-9,17,33H,10-11H2,1H3,(H,27,30)(H,31,32);2H,1H3;5*1H2/t17-,25+,26+;;;;;;/m0....../s1. The number of hydrogen-bond acceptors (Lipinski definition) is 5. The summed E-state index contributed by atoms with van der Waals surface area (Å²) in [5, 5.41) is 35.4. The van der Waals surface area contributed by atoms with Gasteiger partial charge in [-0.1, -0.05) is 36.4 Å². The van der Waals surface area contributed by atoms with E-state index in [1.165, 1.54) is 0 Å². The van der Waals surface area contributed by atoms with Crippen LogP contribution in [-0.4, -0.2) is 76.4 Å². The average molecular weight is 576 g/mol. The van der Waals surface area contributed by atoms with Crippen molar-refractivity contribution in [2.24, 2.45) is 0 Å². The molecule has 14 heteroatoms. The molecule has 5 aromatic rings. The molecule has 1 amide bonds. The number of carboxylic acids is 1. The number of nitrogens with zero attached hydrogens (tertiary/aromatic N) is 2. The Hall–Kier alpha value is -4.12. The van der Waals surface area contributed by atoms with E-state index in [9.17, 15) is 19.8 Å². The first kappa shape index (κ1) is 33.1. The van der Waals surface area contributed by atoms with E-state index in [-0.39, 0.29) is 39.7 Å². The molecule has 3 aromatic carbocycles. The molecule has 3 atom stereocenters. The Morgan fingerprint density at radius 2 is 1.49 bits per heavy atom. The van der Waals surface area contributed by atoms with Crippen LogP contribution in [0.3, 0.4) is 0 Å². The van der Waals surface area contributed by atoms with Gasteiger partial charge >= 0.3 is 5.97 Å². The smallest absolute Gasteiger partial charge is 0.341 e. The third-order valence-corrected chi connectivity index (χ3v) is 8.19. The number of hydrogen-bond donors (Lipinski definition) is 4. The van der Waals surface area contributed by atoms with Gasteiger partial charge in [0.1, 0.15) is 6.23 Å². The van der Waals surface area contributed by atoms with Crippen molar-refractivity contribution in [3.8, 4) is 0 Å². The summed E-state index contributed by atoms with van der Waals surface area (Å²) in [6, 6.07) is 15.5. The first-order chi connectivity index (χ1) is 17.4. The highest BCUT2D eigenvalue weighted by Crippen LogP contribution is 2.57. The molecular formula is C27H33N3O11. The van der Waals surface area contributed by atoms with Crippen molar-refractivity contribution < 1.29 is 57.0 Å². The lowest BCUT2D eigenvalue weighted by Crippen LogP contribution is -2.55. The van der Waals surface area contributed by atoms with E-state index in [1.807, 2.05) is 57.7 Å². The quantitative estimate of drug-likeness (QED) is 0.195. The summed E-state index contributed by atoms with van der Waals surface area (Å²) in [4.78, 5) is 25.7. The number of rotatable bonds is 1. The van der Waals surface area contributed by atoms with Crippen LogP contribution >= 0.6 is 0 Å². The topological polar surface area (TPSA) is 283 Å². The number of carbonyl (C=O) groups is 2. The average Bonchev–Trinajstić information content (AvgIpc) is 3.57. The van der Waals surface area contributed by atoms with Crippen molar-refractivity contribution in [2.45, 2.75) is 37.4 Å². The summed E-state index contributed by atoms with van der Waals surface area (Å²) >= 11 is 0. The van der Waals surface area contributed by atoms with Gasteiger partial charge in [-0.05, 0) is 24.6 Å². The van der Waals surface area contributed by atoms with Gasteiger partial charge in [-0.2, -0.15) is 0 Å². The van der Waals surface area contributed by atoms with Gasteiger partial charge in [-0.25, -0.2) is 4.79 Å². The van der Waals surface area contributed by atoms with Crippen molar-refractivity contribution in [2.75, 3.05) is 7.11 Å². The van der Waals surface area contributed by atoms with Gasteiger partial charge in [0.15, 0.2) is 5.72 Å². The monoisotopic (exact) mass is 575 g/mol. The van der Waals surface area contributed by atoms with Crippen LogP contribution in [0.1, 0.15) is 35.5 Å². The summed E-state index contributed by atoms with van der Waals surface area (Å²) in [5.41, 5.74) is 1.05. The zero-order chi connectivity index (χ0) is 25.1. The molecule has 0 saturated carbocycles. The Labute approximate surface area is 231 Å². The van der Waals surface area contributed by atoms with E-state index in [0.717, 1.165) is 56.3 Å². The number of benzene rings is 3. The number of ether oxygens (including phenoxy) is 1. The molecular weight excluding hydrogens is 542 g/mol. The molecule has 2 aromatic heterocycles. The van der Waals surface area contributed by atoms with E-state index in [1.54, 1.807) is 6.92 Å². The molecule has 2 bridgehead atoms. The van der Waals surface area contributed by atoms with Crippen LogP contribution in [0.2, 0.25) is 0 Å². The van der Waals surface area contributed by atoms with Crippen molar-refractivity contribution in [1.82, 2.24) is 14.5 Å². The Bertz CT molecular complexity index is 1830. The Kier molecular flexibility index (Phi) is 8.37. The lowest BCUT2D eigenvalue weighted by Gasteiger charge is -2.36. The number of aliphatic hydroxyl groups is 2. The van der Waals surface area contributed by atoms with Gasteiger partial charge in [0.05, 0.1) is 27.6 Å². The van der Waals surface area contributed by atoms with Crippen molar-refractivity contribution in [1.29, 1.82) is 0 Å². The van der Waals surface area contributed by atoms with Gasteiger partial charge in [-0.15, -0.1) is 0 Å².